The number of H-pyrrole nitrogens is 1. The van der Waals surface area contributed by atoms with Crippen molar-refractivity contribution >= 4 is 38.3 Å². The molecular weight excluding hydrogens is 446 g/mol. The van der Waals surface area contributed by atoms with Crippen LogP contribution in [0.15, 0.2) is 29.6 Å². The number of rotatable bonds is 10. The van der Waals surface area contributed by atoms with Gasteiger partial charge in [-0.05, 0) is 63.6 Å². The molecule has 0 saturated heterocycles. The Bertz CT molecular complexity index is 1230. The summed E-state index contributed by atoms with van der Waals surface area (Å²) in [6.07, 6.45) is 8.23. The molecule has 8 nitrogen and oxygen atoms in total. The highest BCUT2D eigenvalue weighted by molar-refractivity contribution is 7.89. The zero-order chi connectivity index (χ0) is 22.9. The molecule has 10 heteroatoms. The Hall–Kier alpha value is -2.30. The maximum atomic E-state index is 13.5. The summed E-state index contributed by atoms with van der Waals surface area (Å²) in [5.41, 5.74) is 1.98. The molecule has 3 aromatic heterocycles. The number of thiophene rings is 1. The van der Waals surface area contributed by atoms with Crippen LogP contribution >= 0.6 is 11.3 Å². The average Bonchev–Trinajstić information content (AvgIpc) is 3.18. The molecule has 4 rings (SSSR count). The van der Waals surface area contributed by atoms with Crippen LogP contribution in [0.3, 0.4) is 0 Å². The molecule has 1 saturated carbocycles. The van der Waals surface area contributed by atoms with E-state index in [1.165, 1.54) is 24.5 Å². The standard InChI is InChI=1S/C22H29N5O3S2/c1-4-22(8-9-22)13-27(11-5-6-17-16-7-10-24-20(16)26-14-25-17)21(28)18-12-19(15(2)31-18)32(29,30)23-3/h7,10,12,14,23H,4-6,8-9,11,13H2,1-3H3,(H,24,25,26). The van der Waals surface area contributed by atoms with Crippen molar-refractivity contribution in [3.8, 4) is 0 Å². The SMILES string of the molecule is CCC1(CN(CCCc2ncnc3[nH]ccc23)C(=O)c2cc(S(=O)(=O)NC)c(C)s2)CC1. The maximum absolute atomic E-state index is 13.5. The van der Waals surface area contributed by atoms with Crippen molar-refractivity contribution in [2.45, 2.75) is 50.8 Å². The van der Waals surface area contributed by atoms with Crippen molar-refractivity contribution < 1.29 is 13.2 Å². The number of hydrogen-bond acceptors (Lipinski definition) is 6. The molecule has 1 aliphatic carbocycles. The Morgan fingerprint density at radius 3 is 2.81 bits per heavy atom. The molecule has 172 valence electrons. The molecule has 0 bridgehead atoms. The topological polar surface area (TPSA) is 108 Å². The molecule has 3 aromatic rings. The lowest BCUT2D eigenvalue weighted by atomic mass is 10.0. The minimum Gasteiger partial charge on any atom is -0.346 e. The van der Waals surface area contributed by atoms with E-state index in [-0.39, 0.29) is 16.2 Å². The summed E-state index contributed by atoms with van der Waals surface area (Å²) in [5, 5.41) is 1.01. The third-order valence-corrected chi connectivity index (χ3v) is 9.15. The van der Waals surface area contributed by atoms with Crippen LogP contribution in [-0.4, -0.2) is 54.3 Å². The molecule has 0 radical (unpaired) electrons. The third-order valence-electron chi connectivity index (χ3n) is 6.44. The molecule has 1 aliphatic rings. The van der Waals surface area contributed by atoms with E-state index in [9.17, 15) is 13.2 Å². The van der Waals surface area contributed by atoms with E-state index in [4.69, 9.17) is 0 Å². The predicted molar refractivity (Wildman–Crippen MR) is 125 cm³/mol. The Morgan fingerprint density at radius 2 is 2.12 bits per heavy atom. The Morgan fingerprint density at radius 1 is 1.34 bits per heavy atom. The van der Waals surface area contributed by atoms with E-state index < -0.39 is 10.0 Å². The van der Waals surface area contributed by atoms with Crippen molar-refractivity contribution in [3.63, 3.8) is 0 Å². The molecule has 0 atom stereocenters. The van der Waals surface area contributed by atoms with E-state index >= 15 is 0 Å². The fraction of sp³-hybridized carbons (Fsp3) is 0.500. The highest BCUT2D eigenvalue weighted by atomic mass is 32.2. The maximum Gasteiger partial charge on any atom is 0.263 e. The van der Waals surface area contributed by atoms with Gasteiger partial charge in [-0.25, -0.2) is 23.1 Å². The van der Waals surface area contributed by atoms with Crippen LogP contribution < -0.4 is 4.72 Å². The molecule has 1 fully saturated rings. The summed E-state index contributed by atoms with van der Waals surface area (Å²) in [7, 11) is -2.21. The van der Waals surface area contributed by atoms with Crippen LogP contribution in [0.4, 0.5) is 0 Å². The normalized spacial score (nSPS) is 15.2. The number of hydrogen-bond donors (Lipinski definition) is 2. The predicted octanol–water partition coefficient (Wildman–Crippen LogP) is 3.50. The summed E-state index contributed by atoms with van der Waals surface area (Å²) in [4.78, 5) is 28.4. The highest BCUT2D eigenvalue weighted by Gasteiger charge is 2.43. The zero-order valence-corrected chi connectivity index (χ0v) is 20.3. The zero-order valence-electron chi connectivity index (χ0n) is 18.6. The number of nitrogens with one attached hydrogen (secondary N) is 2. The van der Waals surface area contributed by atoms with E-state index in [0.717, 1.165) is 48.8 Å². The van der Waals surface area contributed by atoms with Gasteiger partial charge >= 0.3 is 0 Å². The van der Waals surface area contributed by atoms with E-state index in [0.29, 0.717) is 22.8 Å². The average molecular weight is 476 g/mol. The number of carbonyl (C=O) groups is 1. The van der Waals surface area contributed by atoms with Crippen molar-refractivity contribution in [2.24, 2.45) is 5.41 Å². The molecular formula is C22H29N5O3S2. The first-order chi connectivity index (χ1) is 15.3. The van der Waals surface area contributed by atoms with Gasteiger partial charge in [0.15, 0.2) is 0 Å². The van der Waals surface area contributed by atoms with Gasteiger partial charge in [0.1, 0.15) is 12.0 Å². The van der Waals surface area contributed by atoms with Crippen LogP contribution in [0.2, 0.25) is 0 Å². The van der Waals surface area contributed by atoms with Crippen LogP contribution in [0.25, 0.3) is 11.0 Å². The second-order valence-corrected chi connectivity index (χ2v) is 11.6. The highest BCUT2D eigenvalue weighted by Crippen LogP contribution is 2.49. The largest absolute Gasteiger partial charge is 0.346 e. The van der Waals surface area contributed by atoms with Crippen LogP contribution in [0.1, 0.15) is 52.8 Å². The number of sulfonamides is 1. The Balaban J connectivity index is 1.52. The lowest BCUT2D eigenvalue weighted by molar-refractivity contribution is 0.0718. The summed E-state index contributed by atoms with van der Waals surface area (Å²) >= 11 is 1.24. The van der Waals surface area contributed by atoms with Gasteiger partial charge in [0, 0.05) is 29.5 Å². The Kier molecular flexibility index (Phi) is 6.37. The molecule has 3 heterocycles. The molecule has 0 aromatic carbocycles. The third kappa shape index (κ3) is 4.57. The molecule has 2 N–H and O–H groups in total. The van der Waals surface area contributed by atoms with E-state index in [2.05, 4.69) is 26.6 Å². The summed E-state index contributed by atoms with van der Waals surface area (Å²) in [5.74, 6) is -0.0927. The van der Waals surface area contributed by atoms with Crippen LogP contribution in [0, 0.1) is 12.3 Å². The number of amides is 1. The van der Waals surface area contributed by atoms with Gasteiger partial charge in [-0.1, -0.05) is 6.92 Å². The minimum atomic E-state index is -3.59. The lowest BCUT2D eigenvalue weighted by Crippen LogP contribution is -2.36. The number of aromatic amines is 1. The second-order valence-electron chi connectivity index (χ2n) is 8.48. The fourth-order valence-corrected chi connectivity index (χ4v) is 6.41. The first-order valence-corrected chi connectivity index (χ1v) is 13.2. The number of aromatic nitrogens is 3. The number of aryl methyl sites for hydroxylation is 2. The molecule has 0 aliphatic heterocycles. The lowest BCUT2D eigenvalue weighted by Gasteiger charge is -2.27. The summed E-state index contributed by atoms with van der Waals surface area (Å²) < 4.78 is 26.9. The summed E-state index contributed by atoms with van der Waals surface area (Å²) in [6.45, 7) is 5.21. The van der Waals surface area contributed by atoms with Gasteiger partial charge in [-0.2, -0.15) is 0 Å². The summed E-state index contributed by atoms with van der Waals surface area (Å²) in [6, 6.07) is 3.49. The van der Waals surface area contributed by atoms with Gasteiger partial charge in [-0.3, -0.25) is 4.79 Å². The van der Waals surface area contributed by atoms with Gasteiger partial charge in [0.25, 0.3) is 5.91 Å². The van der Waals surface area contributed by atoms with Gasteiger partial charge in [0.05, 0.1) is 15.5 Å². The molecule has 0 unspecified atom stereocenters. The molecule has 32 heavy (non-hydrogen) atoms. The first kappa shape index (κ1) is 22.9. The monoisotopic (exact) mass is 475 g/mol. The van der Waals surface area contributed by atoms with Gasteiger partial charge < -0.3 is 9.88 Å². The fourth-order valence-electron chi connectivity index (χ4n) is 4.12. The van der Waals surface area contributed by atoms with Crippen molar-refractivity contribution in [1.82, 2.24) is 24.6 Å². The van der Waals surface area contributed by atoms with E-state index in [1.54, 1.807) is 13.3 Å². The van der Waals surface area contributed by atoms with Crippen molar-refractivity contribution in [3.05, 3.63) is 40.1 Å². The quantitative estimate of drug-likeness (QED) is 0.467. The van der Waals surface area contributed by atoms with Crippen molar-refractivity contribution in [2.75, 3.05) is 20.1 Å². The van der Waals surface area contributed by atoms with Crippen LogP contribution in [0.5, 0.6) is 0 Å². The molecule has 0 spiro atoms. The van der Waals surface area contributed by atoms with Gasteiger partial charge in [-0.15, -0.1) is 11.3 Å². The van der Waals surface area contributed by atoms with Crippen molar-refractivity contribution in [1.29, 1.82) is 0 Å². The van der Waals surface area contributed by atoms with Gasteiger partial charge in [0.2, 0.25) is 10.0 Å². The first-order valence-electron chi connectivity index (χ1n) is 10.9. The van der Waals surface area contributed by atoms with E-state index in [1.807, 2.05) is 17.2 Å². The minimum absolute atomic E-state index is 0.0927. The second kappa shape index (κ2) is 8.92. The number of nitrogens with zero attached hydrogens (tertiary/aromatic N) is 3. The number of carbonyl (C=O) groups excluding carboxylic acids is 1. The molecule has 1 amide bonds. The number of fused-ring (bicyclic) bond motifs is 1. The smallest absolute Gasteiger partial charge is 0.263 e. The van der Waals surface area contributed by atoms with Crippen LogP contribution in [-0.2, 0) is 16.4 Å². The Labute approximate surface area is 192 Å².